The predicted molar refractivity (Wildman–Crippen MR) is 83.1 cm³/mol. The van der Waals surface area contributed by atoms with Crippen LogP contribution in [-0.4, -0.2) is 6.04 Å². The summed E-state index contributed by atoms with van der Waals surface area (Å²) in [6.07, 6.45) is 0.329. The minimum absolute atomic E-state index is 0.0164. The Morgan fingerprint density at radius 1 is 1.25 bits per heavy atom. The highest BCUT2D eigenvalue weighted by atomic mass is 79.9. The Morgan fingerprint density at radius 3 is 2.45 bits per heavy atom. The second-order valence-corrected chi connectivity index (χ2v) is 6.72. The van der Waals surface area contributed by atoms with Crippen molar-refractivity contribution in [3.8, 4) is 0 Å². The molecule has 1 aromatic carbocycles. The lowest BCUT2D eigenvalue weighted by Crippen LogP contribution is -2.31. The Labute approximate surface area is 130 Å². The summed E-state index contributed by atoms with van der Waals surface area (Å²) in [6.45, 7) is 3.98. The van der Waals surface area contributed by atoms with Gasteiger partial charge in [-0.05, 0) is 54.4 Å². The van der Waals surface area contributed by atoms with Gasteiger partial charge in [0, 0.05) is 32.4 Å². The van der Waals surface area contributed by atoms with Crippen molar-refractivity contribution in [2.45, 2.75) is 32.4 Å². The van der Waals surface area contributed by atoms with Gasteiger partial charge in [-0.3, -0.25) is 0 Å². The molecule has 0 fully saturated rings. The van der Waals surface area contributed by atoms with Gasteiger partial charge in [-0.1, -0.05) is 6.07 Å². The monoisotopic (exact) mass is 359 g/mol. The van der Waals surface area contributed by atoms with Crippen LogP contribution in [0.1, 0.15) is 30.3 Å². The SMILES string of the molecule is CC(Cc1c(F)cccc1F)NC(C)c1cc(Br)cs1. The number of rotatable bonds is 5. The molecule has 5 heteroatoms. The van der Waals surface area contributed by atoms with Crippen molar-refractivity contribution in [2.24, 2.45) is 0 Å². The molecule has 0 aliphatic carbocycles. The molecule has 2 aromatic rings. The van der Waals surface area contributed by atoms with Crippen LogP contribution in [0.2, 0.25) is 0 Å². The third-order valence-electron chi connectivity index (χ3n) is 3.12. The van der Waals surface area contributed by atoms with Crippen LogP contribution in [-0.2, 0) is 6.42 Å². The lowest BCUT2D eigenvalue weighted by Gasteiger charge is -2.19. The van der Waals surface area contributed by atoms with Gasteiger partial charge >= 0.3 is 0 Å². The first-order valence-corrected chi connectivity index (χ1v) is 8.07. The Kier molecular flexibility index (Phi) is 5.29. The van der Waals surface area contributed by atoms with Crippen LogP contribution in [0, 0.1) is 11.6 Å². The van der Waals surface area contributed by atoms with Crippen molar-refractivity contribution in [3.05, 3.63) is 56.2 Å². The molecule has 108 valence electrons. The van der Waals surface area contributed by atoms with E-state index in [0.29, 0.717) is 6.42 Å². The fraction of sp³-hybridized carbons (Fsp3) is 0.333. The van der Waals surface area contributed by atoms with Gasteiger partial charge in [0.1, 0.15) is 11.6 Å². The van der Waals surface area contributed by atoms with Gasteiger partial charge in [0.2, 0.25) is 0 Å². The van der Waals surface area contributed by atoms with E-state index in [2.05, 4.69) is 27.3 Å². The molecule has 1 nitrogen and oxygen atoms in total. The highest BCUT2D eigenvalue weighted by Crippen LogP contribution is 2.26. The first-order chi connectivity index (χ1) is 9.47. The van der Waals surface area contributed by atoms with E-state index in [4.69, 9.17) is 0 Å². The number of halogens is 3. The molecule has 0 aliphatic heterocycles. The van der Waals surface area contributed by atoms with E-state index in [1.165, 1.54) is 23.1 Å². The maximum absolute atomic E-state index is 13.6. The van der Waals surface area contributed by atoms with Crippen LogP contribution in [0.15, 0.2) is 34.1 Å². The van der Waals surface area contributed by atoms with Crippen molar-refractivity contribution in [3.63, 3.8) is 0 Å². The zero-order valence-corrected chi connectivity index (χ0v) is 13.7. The van der Waals surface area contributed by atoms with Crippen LogP contribution in [0.4, 0.5) is 8.78 Å². The number of benzene rings is 1. The van der Waals surface area contributed by atoms with E-state index in [0.717, 1.165) is 4.47 Å². The van der Waals surface area contributed by atoms with Crippen molar-refractivity contribution >= 4 is 27.3 Å². The molecule has 1 N–H and O–H groups in total. The van der Waals surface area contributed by atoms with Crippen LogP contribution < -0.4 is 5.32 Å². The van der Waals surface area contributed by atoms with Crippen molar-refractivity contribution in [2.75, 3.05) is 0 Å². The van der Waals surface area contributed by atoms with E-state index < -0.39 is 11.6 Å². The molecule has 2 rings (SSSR count). The van der Waals surface area contributed by atoms with Gasteiger partial charge in [-0.15, -0.1) is 11.3 Å². The Bertz CT molecular complexity index is 565. The smallest absolute Gasteiger partial charge is 0.129 e. The van der Waals surface area contributed by atoms with Crippen LogP contribution in [0.3, 0.4) is 0 Å². The van der Waals surface area contributed by atoms with Gasteiger partial charge in [0.25, 0.3) is 0 Å². The largest absolute Gasteiger partial charge is 0.307 e. The van der Waals surface area contributed by atoms with Gasteiger partial charge in [0.05, 0.1) is 0 Å². The quantitative estimate of drug-likeness (QED) is 0.785. The normalized spacial score (nSPS) is 14.2. The van der Waals surface area contributed by atoms with Crippen LogP contribution in [0.5, 0.6) is 0 Å². The first-order valence-electron chi connectivity index (χ1n) is 6.40. The summed E-state index contributed by atoms with van der Waals surface area (Å²) in [5.74, 6) is -0.963. The van der Waals surface area contributed by atoms with Crippen molar-refractivity contribution < 1.29 is 8.78 Å². The average Bonchev–Trinajstić information content (AvgIpc) is 2.81. The van der Waals surface area contributed by atoms with Crippen molar-refractivity contribution in [1.82, 2.24) is 5.32 Å². The van der Waals surface area contributed by atoms with Crippen molar-refractivity contribution in [1.29, 1.82) is 0 Å². The van der Waals surface area contributed by atoms with Crippen LogP contribution >= 0.6 is 27.3 Å². The number of nitrogens with one attached hydrogen (secondary N) is 1. The third-order valence-corrected chi connectivity index (χ3v) is 5.00. The molecule has 0 amide bonds. The Balaban J connectivity index is 2.00. The van der Waals surface area contributed by atoms with Gasteiger partial charge < -0.3 is 5.32 Å². The summed E-state index contributed by atoms with van der Waals surface area (Å²) in [7, 11) is 0. The van der Waals surface area contributed by atoms with Gasteiger partial charge in [0.15, 0.2) is 0 Å². The molecule has 0 saturated heterocycles. The summed E-state index contributed by atoms with van der Waals surface area (Å²) in [6, 6.07) is 6.17. The molecule has 0 aliphatic rings. The lowest BCUT2D eigenvalue weighted by atomic mass is 10.0. The second kappa shape index (κ2) is 6.78. The molecule has 0 saturated carbocycles. The maximum atomic E-state index is 13.6. The Morgan fingerprint density at radius 2 is 1.90 bits per heavy atom. The molecule has 1 aromatic heterocycles. The van der Waals surface area contributed by atoms with E-state index in [9.17, 15) is 8.78 Å². The molecule has 20 heavy (non-hydrogen) atoms. The molecule has 0 bridgehead atoms. The number of hydrogen-bond acceptors (Lipinski definition) is 2. The average molecular weight is 360 g/mol. The van der Waals surface area contributed by atoms with E-state index >= 15 is 0 Å². The standard InChI is InChI=1S/C15H16BrF2NS/c1-9(6-12-13(17)4-3-5-14(12)18)19-10(2)15-7-11(16)8-20-15/h3-5,7-10,19H,6H2,1-2H3. The number of thiophene rings is 1. The molecular formula is C15H16BrF2NS. The molecule has 2 unspecified atom stereocenters. The van der Waals surface area contributed by atoms with Gasteiger partial charge in [-0.2, -0.15) is 0 Å². The third kappa shape index (κ3) is 3.87. The highest BCUT2D eigenvalue weighted by molar-refractivity contribution is 9.10. The summed E-state index contributed by atoms with van der Waals surface area (Å²) in [5, 5.41) is 5.39. The summed E-state index contributed by atoms with van der Waals surface area (Å²) in [5.41, 5.74) is 0.145. The summed E-state index contributed by atoms with van der Waals surface area (Å²) >= 11 is 5.08. The fourth-order valence-electron chi connectivity index (χ4n) is 2.16. The Hall–Kier alpha value is -0.780. The maximum Gasteiger partial charge on any atom is 0.129 e. The van der Waals surface area contributed by atoms with Crippen LogP contribution in [0.25, 0.3) is 0 Å². The van der Waals surface area contributed by atoms with Gasteiger partial charge in [-0.25, -0.2) is 8.78 Å². The number of hydrogen-bond donors (Lipinski definition) is 1. The molecule has 0 spiro atoms. The zero-order chi connectivity index (χ0) is 14.7. The zero-order valence-electron chi connectivity index (χ0n) is 11.3. The minimum Gasteiger partial charge on any atom is -0.307 e. The first kappa shape index (κ1) is 15.6. The fourth-order valence-corrected chi connectivity index (χ4v) is 3.62. The van der Waals surface area contributed by atoms with E-state index in [1.54, 1.807) is 11.3 Å². The summed E-state index contributed by atoms with van der Waals surface area (Å²) in [4.78, 5) is 1.19. The molecule has 2 atom stereocenters. The summed E-state index contributed by atoms with van der Waals surface area (Å²) < 4.78 is 28.3. The molecule has 0 radical (unpaired) electrons. The molecular weight excluding hydrogens is 344 g/mol. The lowest BCUT2D eigenvalue weighted by molar-refractivity contribution is 0.461. The van der Waals surface area contributed by atoms with E-state index in [-0.39, 0.29) is 17.6 Å². The highest BCUT2D eigenvalue weighted by Gasteiger charge is 2.15. The molecule has 1 heterocycles. The minimum atomic E-state index is -0.481. The predicted octanol–water partition coefficient (Wildman–Crippen LogP) is 5.07. The topological polar surface area (TPSA) is 12.0 Å². The van der Waals surface area contributed by atoms with E-state index in [1.807, 2.05) is 19.2 Å². The second-order valence-electron chi connectivity index (χ2n) is 4.86.